The van der Waals surface area contributed by atoms with E-state index in [0.717, 1.165) is 31.2 Å². The number of benzene rings is 1. The van der Waals surface area contributed by atoms with Crippen molar-refractivity contribution in [3.8, 4) is 0 Å². The zero-order valence-corrected chi connectivity index (χ0v) is 38.0. The van der Waals surface area contributed by atoms with E-state index in [1.54, 1.807) is 27.7 Å². The maximum atomic E-state index is 13.6. The van der Waals surface area contributed by atoms with E-state index in [0.29, 0.717) is 38.0 Å². The van der Waals surface area contributed by atoms with Gasteiger partial charge in [-0.15, -0.1) is 0 Å². The molecule has 0 bridgehead atoms. The predicted molar refractivity (Wildman–Crippen MR) is 228 cm³/mol. The first-order chi connectivity index (χ1) is 28.0. The lowest BCUT2D eigenvalue weighted by molar-refractivity contribution is -0.300. The molecular weight excluding hydrogens is 775 g/mol. The van der Waals surface area contributed by atoms with Gasteiger partial charge >= 0.3 is 11.9 Å². The molecule has 14 atom stereocenters. The SMILES string of the molecule is CC[C@H]1OC(=O)[C@H](C)[C@@H](O)[C@H](C)[C@@H](O[C@@H]2O[C@H](C)C[C@H](N(C)Cc3ccc(NC(=O)CCCCCCC(=O)OC)cc3)[C@@H]2O)[C@](C)(O)C[C@@H](C)CN(C)[C@H](C)[C@@H](O)[C@]1(C)O. The molecule has 0 radical (unpaired) electrons. The second-order valence-corrected chi connectivity index (χ2v) is 18.3. The van der Waals surface area contributed by atoms with Gasteiger partial charge in [-0.1, -0.05) is 45.7 Å². The molecule has 3 rings (SSSR count). The van der Waals surface area contributed by atoms with Crippen LogP contribution in [0.15, 0.2) is 24.3 Å². The van der Waals surface area contributed by atoms with Crippen molar-refractivity contribution in [2.75, 3.05) is 33.1 Å². The van der Waals surface area contributed by atoms with Crippen LogP contribution < -0.4 is 5.32 Å². The second kappa shape index (κ2) is 23.1. The number of rotatable bonds is 14. The molecule has 6 N–H and O–H groups in total. The lowest BCUT2D eigenvalue weighted by atomic mass is 9.78. The van der Waals surface area contributed by atoms with Crippen molar-refractivity contribution in [3.05, 3.63) is 29.8 Å². The first kappa shape index (κ1) is 51.6. The van der Waals surface area contributed by atoms with Crippen molar-refractivity contribution in [3.63, 3.8) is 0 Å². The van der Waals surface area contributed by atoms with Crippen molar-refractivity contribution in [2.24, 2.45) is 17.8 Å². The number of likely N-dealkylation sites (N-methyl/N-ethyl adjacent to an activating group) is 2. The van der Waals surface area contributed by atoms with Crippen LogP contribution in [0.3, 0.4) is 0 Å². The van der Waals surface area contributed by atoms with Crippen LogP contribution in [0, 0.1) is 17.8 Å². The van der Waals surface area contributed by atoms with E-state index in [9.17, 15) is 39.9 Å². The van der Waals surface area contributed by atoms with Crippen LogP contribution in [0.25, 0.3) is 0 Å². The molecule has 1 amide bonds. The Morgan fingerprint density at radius 1 is 0.967 bits per heavy atom. The summed E-state index contributed by atoms with van der Waals surface area (Å²) in [5, 5.41) is 61.6. The third kappa shape index (κ3) is 14.1. The van der Waals surface area contributed by atoms with E-state index in [1.807, 2.05) is 62.0 Å². The fourth-order valence-corrected chi connectivity index (χ4v) is 8.99. The Morgan fingerprint density at radius 3 is 2.18 bits per heavy atom. The van der Waals surface area contributed by atoms with E-state index < -0.39 is 77.9 Å². The van der Waals surface area contributed by atoms with Gasteiger partial charge in [-0.2, -0.15) is 0 Å². The number of nitrogens with one attached hydrogen (secondary N) is 1. The number of nitrogens with zero attached hydrogens (tertiary/aromatic N) is 2. The van der Waals surface area contributed by atoms with Gasteiger partial charge in [0.05, 0.1) is 36.9 Å². The summed E-state index contributed by atoms with van der Waals surface area (Å²) >= 11 is 0. The summed E-state index contributed by atoms with van der Waals surface area (Å²) in [5.41, 5.74) is -1.74. The van der Waals surface area contributed by atoms with Crippen LogP contribution in [0.5, 0.6) is 0 Å². The van der Waals surface area contributed by atoms with E-state index in [4.69, 9.17) is 14.2 Å². The topological polar surface area (TPSA) is 208 Å². The lowest BCUT2D eigenvalue weighted by Crippen LogP contribution is -2.59. The van der Waals surface area contributed by atoms with Crippen LogP contribution in [0.4, 0.5) is 5.69 Å². The normalized spacial score (nSPS) is 36.5. The minimum atomic E-state index is -1.79. The monoisotopic (exact) mass is 852 g/mol. The first-order valence-corrected chi connectivity index (χ1v) is 21.9. The number of hydrogen-bond acceptors (Lipinski definition) is 14. The van der Waals surface area contributed by atoms with Crippen molar-refractivity contribution in [1.82, 2.24) is 9.80 Å². The molecule has 2 saturated heterocycles. The molecule has 2 aliphatic rings. The number of unbranched alkanes of at least 4 members (excludes halogenated alkanes) is 3. The summed E-state index contributed by atoms with van der Waals surface area (Å²) in [7, 11) is 5.10. The number of ether oxygens (including phenoxy) is 4. The molecule has 0 aromatic heterocycles. The van der Waals surface area contributed by atoms with Crippen LogP contribution in [0.2, 0.25) is 0 Å². The van der Waals surface area contributed by atoms with Gasteiger partial charge in [-0.25, -0.2) is 0 Å². The lowest BCUT2D eigenvalue weighted by Gasteiger charge is -2.47. The van der Waals surface area contributed by atoms with E-state index in [1.165, 1.54) is 21.0 Å². The standard InChI is InChI=1S/C45H77N3O12/c1-12-35-45(8,56)40(53)31(6)47(9)25-27(2)24-44(7,55)41(29(4)38(51)30(5)42(54)59-35)60-43-39(52)34(23-28(3)58-43)48(10)26-32-19-21-33(22-20-32)46-36(49)17-15-13-14-16-18-37(50)57-11/h19-22,27-31,34-35,38-41,43,51-53,55-56H,12-18,23-26H2,1-11H3,(H,46,49)/t27-,28-,29+,30-,31-,34+,35-,38+,39+,40-,41-,43+,44-,45-/m1/s1. The molecule has 0 saturated carbocycles. The van der Waals surface area contributed by atoms with Gasteiger partial charge in [0.1, 0.15) is 23.9 Å². The van der Waals surface area contributed by atoms with Crippen molar-refractivity contribution in [2.45, 2.75) is 186 Å². The molecule has 15 nitrogen and oxygen atoms in total. The van der Waals surface area contributed by atoms with Crippen LogP contribution >= 0.6 is 0 Å². The first-order valence-electron chi connectivity index (χ1n) is 21.9. The van der Waals surface area contributed by atoms with Gasteiger partial charge in [0.25, 0.3) is 0 Å². The van der Waals surface area contributed by atoms with Gasteiger partial charge in [-0.05, 0) is 104 Å². The third-order valence-corrected chi connectivity index (χ3v) is 12.8. The highest BCUT2D eigenvalue weighted by Gasteiger charge is 2.50. The molecular formula is C45H77N3O12. The molecule has 0 aliphatic carbocycles. The number of cyclic esters (lactones) is 1. The summed E-state index contributed by atoms with van der Waals surface area (Å²) in [5.74, 6) is -3.18. The predicted octanol–water partition coefficient (Wildman–Crippen LogP) is 4.00. The summed E-state index contributed by atoms with van der Waals surface area (Å²) in [6.07, 6.45) is -2.63. The van der Waals surface area contributed by atoms with Crippen LogP contribution in [-0.2, 0) is 39.9 Å². The summed E-state index contributed by atoms with van der Waals surface area (Å²) in [6, 6.07) is 6.59. The molecule has 0 unspecified atom stereocenters. The van der Waals surface area contributed by atoms with Crippen molar-refractivity contribution < 1.29 is 58.9 Å². The Bertz CT molecular complexity index is 1490. The average molecular weight is 852 g/mol. The van der Waals surface area contributed by atoms with Gasteiger partial charge in [0, 0.05) is 49.6 Å². The van der Waals surface area contributed by atoms with Crippen molar-refractivity contribution >= 4 is 23.5 Å². The van der Waals surface area contributed by atoms with Crippen molar-refractivity contribution in [1.29, 1.82) is 0 Å². The number of carbonyl (C=O) groups excluding carboxylic acids is 3. The zero-order chi connectivity index (χ0) is 45.1. The summed E-state index contributed by atoms with van der Waals surface area (Å²) in [6.45, 7) is 14.6. The van der Waals surface area contributed by atoms with E-state index in [2.05, 4.69) is 10.1 Å². The van der Waals surface area contributed by atoms with Gasteiger partial charge < -0.3 is 54.7 Å². The Labute approximate surface area is 358 Å². The highest BCUT2D eigenvalue weighted by atomic mass is 16.7. The second-order valence-electron chi connectivity index (χ2n) is 18.3. The highest BCUT2D eigenvalue weighted by Crippen LogP contribution is 2.37. The quantitative estimate of drug-likeness (QED) is 0.116. The number of anilines is 1. The molecule has 344 valence electrons. The molecule has 15 heteroatoms. The Hall–Kier alpha value is -2.73. The van der Waals surface area contributed by atoms with E-state index in [-0.39, 0.29) is 36.7 Å². The summed E-state index contributed by atoms with van der Waals surface area (Å²) < 4.78 is 23.3. The Balaban J connectivity index is 1.75. The minimum absolute atomic E-state index is 0.0769. The van der Waals surface area contributed by atoms with Gasteiger partial charge in [0.2, 0.25) is 5.91 Å². The molecule has 2 aliphatic heterocycles. The maximum Gasteiger partial charge on any atom is 0.311 e. The van der Waals surface area contributed by atoms with Gasteiger partial charge in [-0.3, -0.25) is 19.3 Å². The average Bonchev–Trinajstić information content (AvgIpc) is 3.19. The molecule has 1 aromatic rings. The third-order valence-electron chi connectivity index (χ3n) is 12.8. The number of esters is 2. The Morgan fingerprint density at radius 2 is 1.58 bits per heavy atom. The fraction of sp³-hybridized carbons (Fsp3) is 0.800. The molecule has 2 fully saturated rings. The molecule has 1 aromatic carbocycles. The van der Waals surface area contributed by atoms with Gasteiger partial charge in [0.15, 0.2) is 6.29 Å². The number of methoxy groups -OCH3 is 1. The number of hydrogen-bond donors (Lipinski definition) is 6. The smallest absolute Gasteiger partial charge is 0.311 e. The van der Waals surface area contributed by atoms with Crippen LogP contribution in [0.1, 0.15) is 119 Å². The molecule has 60 heavy (non-hydrogen) atoms. The summed E-state index contributed by atoms with van der Waals surface area (Å²) in [4.78, 5) is 41.3. The van der Waals surface area contributed by atoms with E-state index >= 15 is 0 Å². The Kier molecular flexibility index (Phi) is 19.9. The number of aliphatic hydroxyl groups is 5. The minimum Gasteiger partial charge on any atom is -0.469 e. The maximum absolute atomic E-state index is 13.6. The number of aliphatic hydroxyl groups excluding tert-OH is 3. The fourth-order valence-electron chi connectivity index (χ4n) is 8.99. The highest BCUT2D eigenvalue weighted by molar-refractivity contribution is 5.90. The number of amides is 1. The largest absolute Gasteiger partial charge is 0.469 e. The zero-order valence-electron chi connectivity index (χ0n) is 38.0. The number of carbonyl (C=O) groups is 3. The molecule has 2 heterocycles. The molecule has 0 spiro atoms. The van der Waals surface area contributed by atoms with Crippen LogP contribution in [-0.4, -0.2) is 147 Å².